The fourth-order valence-corrected chi connectivity index (χ4v) is 1.51. The average molecular weight is 178 g/mol. The largest absolute Gasteiger partial charge is 0.399 e. The minimum atomic E-state index is -0.322. The molecule has 0 atom stereocenters. The van der Waals surface area contributed by atoms with Crippen molar-refractivity contribution in [3.05, 3.63) is 30.0 Å². The van der Waals surface area contributed by atoms with Crippen molar-refractivity contribution in [2.75, 3.05) is 12.4 Å². The van der Waals surface area contributed by atoms with E-state index in [0.717, 1.165) is 22.2 Å². The Labute approximate surface area is 75.6 Å². The summed E-state index contributed by atoms with van der Waals surface area (Å²) in [5.74, 6) is 0. The summed E-state index contributed by atoms with van der Waals surface area (Å²) in [6.45, 7) is -0.322. The highest BCUT2D eigenvalue weighted by atomic mass is 19.1. The lowest BCUT2D eigenvalue weighted by molar-refractivity contribution is 0.496. The predicted molar refractivity (Wildman–Crippen MR) is 52.4 cm³/mol. The van der Waals surface area contributed by atoms with Gasteiger partial charge in [0.2, 0.25) is 0 Å². The average Bonchev–Trinajstić information content (AvgIpc) is 2.49. The fraction of sp³-hybridized carbons (Fsp3) is 0.200. The van der Waals surface area contributed by atoms with E-state index >= 15 is 0 Å². The molecule has 0 aliphatic heterocycles. The van der Waals surface area contributed by atoms with Crippen molar-refractivity contribution < 1.29 is 4.39 Å². The minimum Gasteiger partial charge on any atom is -0.399 e. The maximum Gasteiger partial charge on any atom is 0.0935 e. The Hall–Kier alpha value is -1.51. The first-order valence-corrected chi connectivity index (χ1v) is 4.22. The summed E-state index contributed by atoms with van der Waals surface area (Å²) < 4.78 is 12.1. The summed E-state index contributed by atoms with van der Waals surface area (Å²) in [6.07, 6.45) is 2.30. The van der Waals surface area contributed by atoms with E-state index in [-0.39, 0.29) is 6.67 Å². The number of aromatic amines is 1. The Morgan fingerprint density at radius 3 is 3.00 bits per heavy atom. The van der Waals surface area contributed by atoms with Crippen molar-refractivity contribution in [1.29, 1.82) is 0 Å². The number of fused-ring (bicyclic) bond motifs is 1. The molecule has 0 unspecified atom stereocenters. The van der Waals surface area contributed by atoms with Gasteiger partial charge in [0.1, 0.15) is 0 Å². The second-order valence-corrected chi connectivity index (χ2v) is 3.06. The van der Waals surface area contributed by atoms with Crippen LogP contribution >= 0.6 is 0 Å². The number of nitrogens with one attached hydrogen (secondary N) is 1. The maximum absolute atomic E-state index is 12.1. The molecule has 2 aromatic rings. The van der Waals surface area contributed by atoms with Gasteiger partial charge >= 0.3 is 0 Å². The predicted octanol–water partition coefficient (Wildman–Crippen LogP) is 2.26. The molecule has 3 heteroatoms. The van der Waals surface area contributed by atoms with Crippen LogP contribution in [0, 0.1) is 0 Å². The molecule has 2 rings (SSSR count). The van der Waals surface area contributed by atoms with E-state index in [1.165, 1.54) is 0 Å². The minimum absolute atomic E-state index is 0.322. The number of nitrogen functional groups attached to an aromatic ring is 1. The second-order valence-electron chi connectivity index (χ2n) is 3.06. The van der Waals surface area contributed by atoms with Crippen LogP contribution in [0.15, 0.2) is 24.4 Å². The highest BCUT2D eigenvalue weighted by Gasteiger charge is 2.02. The summed E-state index contributed by atoms with van der Waals surface area (Å²) in [6, 6.07) is 5.61. The van der Waals surface area contributed by atoms with Crippen LogP contribution in [0.1, 0.15) is 5.56 Å². The van der Waals surface area contributed by atoms with Crippen LogP contribution < -0.4 is 5.73 Å². The first-order valence-electron chi connectivity index (χ1n) is 4.22. The van der Waals surface area contributed by atoms with Gasteiger partial charge in [-0.3, -0.25) is 4.39 Å². The van der Waals surface area contributed by atoms with Crippen molar-refractivity contribution >= 4 is 16.6 Å². The van der Waals surface area contributed by atoms with Gasteiger partial charge < -0.3 is 10.7 Å². The van der Waals surface area contributed by atoms with Gasteiger partial charge in [0.05, 0.1) is 6.67 Å². The highest BCUT2D eigenvalue weighted by molar-refractivity contribution is 5.85. The summed E-state index contributed by atoms with van der Waals surface area (Å²) in [5.41, 5.74) is 8.32. The Morgan fingerprint density at radius 1 is 1.38 bits per heavy atom. The van der Waals surface area contributed by atoms with Crippen LogP contribution in [0.5, 0.6) is 0 Å². The normalized spacial score (nSPS) is 10.8. The number of rotatable bonds is 2. The number of alkyl halides is 1. The molecule has 0 radical (unpaired) electrons. The lowest BCUT2D eigenvalue weighted by Crippen LogP contribution is -1.85. The zero-order chi connectivity index (χ0) is 9.26. The summed E-state index contributed by atoms with van der Waals surface area (Å²) in [7, 11) is 0. The van der Waals surface area contributed by atoms with Crippen molar-refractivity contribution in [3.63, 3.8) is 0 Å². The van der Waals surface area contributed by atoms with Crippen LogP contribution in [0.2, 0.25) is 0 Å². The second kappa shape index (κ2) is 3.09. The summed E-state index contributed by atoms with van der Waals surface area (Å²) in [4.78, 5) is 3.07. The van der Waals surface area contributed by atoms with Crippen LogP contribution in [0.3, 0.4) is 0 Å². The third kappa shape index (κ3) is 1.37. The van der Waals surface area contributed by atoms with Crippen LogP contribution in [-0.4, -0.2) is 11.7 Å². The highest BCUT2D eigenvalue weighted by Crippen LogP contribution is 2.20. The van der Waals surface area contributed by atoms with Gasteiger partial charge in [-0.1, -0.05) is 6.07 Å². The molecule has 1 heterocycles. The topological polar surface area (TPSA) is 41.8 Å². The molecule has 0 saturated heterocycles. The van der Waals surface area contributed by atoms with Crippen molar-refractivity contribution in [2.24, 2.45) is 0 Å². The molecule has 0 aliphatic carbocycles. The Kier molecular flexibility index (Phi) is 1.93. The van der Waals surface area contributed by atoms with Gasteiger partial charge in [-0.15, -0.1) is 0 Å². The number of aromatic nitrogens is 1. The molecule has 1 aromatic carbocycles. The summed E-state index contributed by atoms with van der Waals surface area (Å²) >= 11 is 0. The Morgan fingerprint density at radius 2 is 2.23 bits per heavy atom. The van der Waals surface area contributed by atoms with E-state index in [9.17, 15) is 4.39 Å². The Balaban J connectivity index is 2.55. The number of anilines is 1. The van der Waals surface area contributed by atoms with E-state index in [4.69, 9.17) is 5.73 Å². The van der Waals surface area contributed by atoms with Crippen molar-refractivity contribution in [1.82, 2.24) is 4.98 Å². The van der Waals surface area contributed by atoms with Gasteiger partial charge in [0, 0.05) is 29.2 Å². The number of hydrogen-bond acceptors (Lipinski definition) is 1. The molecule has 0 amide bonds. The molecule has 3 N–H and O–H groups in total. The number of benzene rings is 1. The number of H-pyrrole nitrogens is 1. The van der Waals surface area contributed by atoms with Crippen molar-refractivity contribution in [3.8, 4) is 0 Å². The maximum atomic E-state index is 12.1. The molecule has 68 valence electrons. The third-order valence-corrected chi connectivity index (χ3v) is 2.16. The molecule has 0 spiro atoms. The number of halogens is 1. The first-order chi connectivity index (χ1) is 6.31. The van der Waals surface area contributed by atoms with E-state index < -0.39 is 0 Å². The number of nitrogens with two attached hydrogens (primary N) is 1. The molecular formula is C10H11FN2. The molecule has 1 aromatic heterocycles. The molecule has 0 bridgehead atoms. The van der Waals surface area contributed by atoms with Crippen LogP contribution in [0.4, 0.5) is 10.1 Å². The smallest absolute Gasteiger partial charge is 0.0935 e. The zero-order valence-electron chi connectivity index (χ0n) is 7.18. The molecule has 0 aliphatic rings. The van der Waals surface area contributed by atoms with E-state index in [2.05, 4.69) is 4.98 Å². The summed E-state index contributed by atoms with van der Waals surface area (Å²) in [5, 5.41) is 1.06. The van der Waals surface area contributed by atoms with Crippen molar-refractivity contribution in [2.45, 2.75) is 6.42 Å². The van der Waals surface area contributed by atoms with Gasteiger partial charge in [-0.25, -0.2) is 0 Å². The molecule has 13 heavy (non-hydrogen) atoms. The molecule has 0 fully saturated rings. The van der Waals surface area contributed by atoms with E-state index in [1.807, 2.05) is 24.4 Å². The van der Waals surface area contributed by atoms with Gasteiger partial charge in [-0.05, 0) is 17.7 Å². The standard InChI is InChI=1S/C10H11FN2/c11-4-3-7-6-13-10-5-8(12)1-2-9(7)10/h1-2,5-6,13H,3-4,12H2. The number of aryl methyl sites for hydroxylation is 1. The van der Waals surface area contributed by atoms with Crippen LogP contribution in [0.25, 0.3) is 10.9 Å². The molecule has 0 saturated carbocycles. The molecular weight excluding hydrogens is 167 g/mol. The molecule has 2 nitrogen and oxygen atoms in total. The zero-order valence-corrected chi connectivity index (χ0v) is 7.18. The third-order valence-electron chi connectivity index (χ3n) is 2.16. The van der Waals surface area contributed by atoms with Gasteiger partial charge in [0.15, 0.2) is 0 Å². The van der Waals surface area contributed by atoms with E-state index in [1.54, 1.807) is 0 Å². The lowest BCUT2D eigenvalue weighted by Gasteiger charge is -1.95. The van der Waals surface area contributed by atoms with E-state index in [0.29, 0.717) is 6.42 Å². The van der Waals surface area contributed by atoms with Gasteiger partial charge in [-0.2, -0.15) is 0 Å². The van der Waals surface area contributed by atoms with Gasteiger partial charge in [0.25, 0.3) is 0 Å². The SMILES string of the molecule is Nc1ccc2c(CCF)c[nH]c2c1. The first kappa shape index (κ1) is 8.10. The monoisotopic (exact) mass is 178 g/mol. The lowest BCUT2D eigenvalue weighted by atomic mass is 10.1. The fourth-order valence-electron chi connectivity index (χ4n) is 1.51. The number of hydrogen-bond donors (Lipinski definition) is 2. The van der Waals surface area contributed by atoms with Crippen LogP contribution in [-0.2, 0) is 6.42 Å². The quantitative estimate of drug-likeness (QED) is 0.680. The Bertz CT molecular complexity index is 420.